The summed E-state index contributed by atoms with van der Waals surface area (Å²) in [4.78, 5) is 28.6. The summed E-state index contributed by atoms with van der Waals surface area (Å²) in [5.41, 5.74) is 1.21. The Kier molecular flexibility index (Phi) is 5.73. The lowest BCUT2D eigenvalue weighted by Crippen LogP contribution is -2.24. The number of furan rings is 1. The van der Waals surface area contributed by atoms with Gasteiger partial charge in [0.15, 0.2) is 0 Å². The van der Waals surface area contributed by atoms with Crippen molar-refractivity contribution in [3.05, 3.63) is 53.2 Å². The third-order valence-electron chi connectivity index (χ3n) is 3.62. The third-order valence-corrected chi connectivity index (χ3v) is 3.62. The minimum atomic E-state index is -1.14. The maximum absolute atomic E-state index is 12.5. The van der Waals surface area contributed by atoms with E-state index in [1.165, 1.54) is 6.20 Å². The lowest BCUT2D eigenvalue weighted by atomic mass is 10.0. The molecule has 0 saturated heterocycles. The van der Waals surface area contributed by atoms with E-state index in [4.69, 9.17) is 13.9 Å². The topological polar surface area (TPSA) is 78.6 Å². The average molecular weight is 331 g/mol. The normalized spacial score (nSPS) is 13.2. The lowest BCUT2D eigenvalue weighted by Gasteiger charge is -2.19. The molecule has 6 heteroatoms. The summed E-state index contributed by atoms with van der Waals surface area (Å²) >= 11 is 0. The Morgan fingerprint density at radius 2 is 2.04 bits per heavy atom. The highest BCUT2D eigenvalue weighted by Gasteiger charge is 2.30. The zero-order valence-electron chi connectivity index (χ0n) is 14.2. The number of rotatable bonds is 6. The van der Waals surface area contributed by atoms with Gasteiger partial charge in [0.25, 0.3) is 0 Å². The molecule has 0 amide bonds. The number of pyridine rings is 1. The minimum absolute atomic E-state index is 0.197. The monoisotopic (exact) mass is 331 g/mol. The van der Waals surface area contributed by atoms with Crippen LogP contribution in [-0.2, 0) is 19.1 Å². The zero-order valence-corrected chi connectivity index (χ0v) is 14.2. The van der Waals surface area contributed by atoms with Crippen molar-refractivity contribution < 1.29 is 23.5 Å². The first kappa shape index (κ1) is 17.7. The largest absolute Gasteiger partial charge is 0.466 e. The van der Waals surface area contributed by atoms with Crippen LogP contribution in [0.5, 0.6) is 0 Å². The number of nitrogens with zero attached hydrogens (tertiary/aromatic N) is 1. The Morgan fingerprint density at radius 3 is 2.58 bits per heavy atom. The number of aromatic nitrogens is 1. The Labute approximate surface area is 140 Å². The molecular weight excluding hydrogens is 310 g/mol. The molecule has 6 nitrogen and oxygen atoms in total. The number of hydrogen-bond donors (Lipinski definition) is 0. The first-order chi connectivity index (χ1) is 11.4. The fourth-order valence-corrected chi connectivity index (χ4v) is 2.43. The van der Waals surface area contributed by atoms with Gasteiger partial charge in [0, 0.05) is 23.5 Å². The van der Waals surface area contributed by atoms with Crippen molar-refractivity contribution in [3.8, 4) is 0 Å². The van der Waals surface area contributed by atoms with E-state index in [0.29, 0.717) is 11.3 Å². The standard InChI is InChI=1S/C18H21NO5/c1-5-22-18(21)16(14-7-6-8-19-10-14)24-17(20)12(3)15-9-11(2)23-13(15)4/h6-10,12,16H,5H2,1-4H3/t12-,16-/m1/s1. The van der Waals surface area contributed by atoms with E-state index in [1.807, 2.05) is 6.92 Å². The first-order valence-electron chi connectivity index (χ1n) is 7.78. The highest BCUT2D eigenvalue weighted by atomic mass is 16.6. The number of esters is 2. The molecule has 0 aliphatic rings. The molecule has 2 heterocycles. The summed E-state index contributed by atoms with van der Waals surface area (Å²) in [5, 5.41) is 0. The van der Waals surface area contributed by atoms with E-state index in [9.17, 15) is 9.59 Å². The highest BCUT2D eigenvalue weighted by molar-refractivity contribution is 5.83. The molecule has 2 rings (SSSR count). The molecule has 0 aromatic carbocycles. The number of carbonyl (C=O) groups is 2. The second-order valence-corrected chi connectivity index (χ2v) is 5.45. The van der Waals surface area contributed by atoms with Gasteiger partial charge in [-0.05, 0) is 39.8 Å². The Morgan fingerprint density at radius 1 is 1.29 bits per heavy atom. The van der Waals surface area contributed by atoms with Gasteiger partial charge in [-0.15, -0.1) is 0 Å². The van der Waals surface area contributed by atoms with Gasteiger partial charge in [-0.25, -0.2) is 4.79 Å². The van der Waals surface area contributed by atoms with Crippen molar-refractivity contribution in [1.82, 2.24) is 4.98 Å². The van der Waals surface area contributed by atoms with E-state index in [-0.39, 0.29) is 6.61 Å². The molecule has 2 atom stereocenters. The molecule has 0 fully saturated rings. The van der Waals surface area contributed by atoms with Crippen LogP contribution in [0, 0.1) is 13.8 Å². The SMILES string of the molecule is CCOC(=O)[C@H](OC(=O)[C@H](C)c1cc(C)oc1C)c1cccnc1. The van der Waals surface area contributed by atoms with Crippen molar-refractivity contribution in [2.24, 2.45) is 0 Å². The van der Waals surface area contributed by atoms with E-state index in [0.717, 1.165) is 11.3 Å². The Hall–Kier alpha value is -2.63. The summed E-state index contributed by atoms with van der Waals surface area (Å²) in [6.45, 7) is 7.20. The van der Waals surface area contributed by atoms with Crippen molar-refractivity contribution in [1.29, 1.82) is 0 Å². The average Bonchev–Trinajstić information content (AvgIpc) is 2.91. The first-order valence-corrected chi connectivity index (χ1v) is 7.78. The van der Waals surface area contributed by atoms with E-state index in [2.05, 4.69) is 4.98 Å². The van der Waals surface area contributed by atoms with Crippen molar-refractivity contribution >= 4 is 11.9 Å². The van der Waals surface area contributed by atoms with Gasteiger partial charge in [0.1, 0.15) is 11.5 Å². The molecule has 0 bridgehead atoms. The molecule has 128 valence electrons. The van der Waals surface area contributed by atoms with Gasteiger partial charge < -0.3 is 13.9 Å². The molecule has 0 saturated carbocycles. The fraction of sp³-hybridized carbons (Fsp3) is 0.389. The van der Waals surface area contributed by atoms with Crippen LogP contribution in [0.4, 0.5) is 0 Å². The molecule has 24 heavy (non-hydrogen) atoms. The minimum Gasteiger partial charge on any atom is -0.466 e. The van der Waals surface area contributed by atoms with Crippen LogP contribution in [0.2, 0.25) is 0 Å². The summed E-state index contributed by atoms with van der Waals surface area (Å²) in [6, 6.07) is 5.13. The van der Waals surface area contributed by atoms with Crippen molar-refractivity contribution in [2.75, 3.05) is 6.61 Å². The summed E-state index contributed by atoms with van der Waals surface area (Å²) in [5.74, 6) is -0.328. The Balaban J connectivity index is 2.21. The van der Waals surface area contributed by atoms with Crippen LogP contribution in [0.1, 0.15) is 48.5 Å². The van der Waals surface area contributed by atoms with Crippen LogP contribution in [0.25, 0.3) is 0 Å². The van der Waals surface area contributed by atoms with Gasteiger partial charge in [0.05, 0.1) is 12.5 Å². The van der Waals surface area contributed by atoms with E-state index < -0.39 is 24.0 Å². The summed E-state index contributed by atoms with van der Waals surface area (Å²) in [7, 11) is 0. The molecule has 0 aliphatic heterocycles. The maximum Gasteiger partial charge on any atom is 0.352 e. The molecule has 2 aromatic heterocycles. The maximum atomic E-state index is 12.5. The van der Waals surface area contributed by atoms with Crippen LogP contribution >= 0.6 is 0 Å². The van der Waals surface area contributed by atoms with Gasteiger partial charge in [-0.1, -0.05) is 6.07 Å². The van der Waals surface area contributed by atoms with Gasteiger partial charge in [0.2, 0.25) is 6.10 Å². The molecule has 0 unspecified atom stereocenters. The smallest absolute Gasteiger partial charge is 0.352 e. The predicted octanol–water partition coefficient (Wildman–Crippen LogP) is 3.24. The molecule has 2 aromatic rings. The number of carbonyl (C=O) groups excluding carboxylic acids is 2. The van der Waals surface area contributed by atoms with Crippen molar-refractivity contribution in [2.45, 2.75) is 39.7 Å². The van der Waals surface area contributed by atoms with Gasteiger partial charge in [-0.2, -0.15) is 0 Å². The highest BCUT2D eigenvalue weighted by Crippen LogP contribution is 2.27. The van der Waals surface area contributed by atoms with Crippen molar-refractivity contribution in [3.63, 3.8) is 0 Å². The number of hydrogen-bond acceptors (Lipinski definition) is 6. The molecule has 0 radical (unpaired) electrons. The van der Waals surface area contributed by atoms with Crippen LogP contribution < -0.4 is 0 Å². The summed E-state index contributed by atoms with van der Waals surface area (Å²) in [6.07, 6.45) is 1.92. The number of ether oxygens (including phenoxy) is 2. The number of aryl methyl sites for hydroxylation is 2. The predicted molar refractivity (Wildman–Crippen MR) is 86.3 cm³/mol. The van der Waals surface area contributed by atoms with Crippen LogP contribution in [0.3, 0.4) is 0 Å². The molecular formula is C18H21NO5. The zero-order chi connectivity index (χ0) is 17.7. The van der Waals surface area contributed by atoms with E-state index >= 15 is 0 Å². The van der Waals surface area contributed by atoms with Gasteiger partial charge >= 0.3 is 11.9 Å². The lowest BCUT2D eigenvalue weighted by molar-refractivity contribution is -0.169. The van der Waals surface area contributed by atoms with Crippen LogP contribution in [0.15, 0.2) is 35.0 Å². The molecule has 0 spiro atoms. The van der Waals surface area contributed by atoms with Crippen LogP contribution in [-0.4, -0.2) is 23.5 Å². The third kappa shape index (κ3) is 4.01. The van der Waals surface area contributed by atoms with Gasteiger partial charge in [-0.3, -0.25) is 9.78 Å². The Bertz CT molecular complexity index is 707. The molecule has 0 N–H and O–H groups in total. The second-order valence-electron chi connectivity index (χ2n) is 5.45. The fourth-order valence-electron chi connectivity index (χ4n) is 2.43. The summed E-state index contributed by atoms with van der Waals surface area (Å²) < 4.78 is 15.9. The quantitative estimate of drug-likeness (QED) is 0.756. The second kappa shape index (κ2) is 7.77. The molecule has 0 aliphatic carbocycles. The van der Waals surface area contributed by atoms with E-state index in [1.54, 1.807) is 45.2 Å².